The predicted octanol–water partition coefficient (Wildman–Crippen LogP) is 1.74. The van der Waals surface area contributed by atoms with Crippen LogP contribution in [0.2, 0.25) is 0 Å². The number of hydrogen-bond acceptors (Lipinski definition) is 6. The zero-order valence-corrected chi connectivity index (χ0v) is 10.6. The van der Waals surface area contributed by atoms with Crippen LogP contribution in [-0.4, -0.2) is 26.2 Å². The largest absolute Gasteiger partial charge is 0.373 e. The van der Waals surface area contributed by atoms with Crippen molar-refractivity contribution in [2.24, 2.45) is 0 Å². The molecule has 98 valence electrons. The van der Waals surface area contributed by atoms with Gasteiger partial charge in [0.25, 0.3) is 0 Å². The number of carbonyl (C=O) groups excluding carboxylic acids is 2. The lowest BCUT2D eigenvalue weighted by Gasteiger charge is -2.11. The van der Waals surface area contributed by atoms with E-state index in [1.54, 1.807) is 26.0 Å². The summed E-state index contributed by atoms with van der Waals surface area (Å²) >= 11 is 0. The van der Waals surface area contributed by atoms with E-state index in [-0.39, 0.29) is 11.1 Å². The van der Waals surface area contributed by atoms with Crippen LogP contribution in [0, 0.1) is 13.8 Å². The molecule has 0 radical (unpaired) electrons. The molecule has 0 aliphatic rings. The van der Waals surface area contributed by atoms with Gasteiger partial charge in [-0.2, -0.15) is 9.78 Å². The molecule has 0 aliphatic carbocycles. The average Bonchev–Trinajstić information content (AvgIpc) is 2.29. The Morgan fingerprint density at radius 1 is 0.944 bits per heavy atom. The number of rotatable bonds is 4. The summed E-state index contributed by atoms with van der Waals surface area (Å²) in [5, 5.41) is 0. The summed E-state index contributed by atoms with van der Waals surface area (Å²) in [6, 6.07) is 3.17. The quantitative estimate of drug-likeness (QED) is 0.602. The average molecular weight is 254 g/mol. The fourth-order valence-corrected chi connectivity index (χ4v) is 1.62. The molecule has 1 aromatic carbocycles. The Bertz CT molecular complexity index is 466. The Labute approximate surface area is 104 Å². The molecule has 0 heterocycles. The molecule has 0 amide bonds. The van der Waals surface area contributed by atoms with Crippen molar-refractivity contribution in [3.05, 3.63) is 34.4 Å². The van der Waals surface area contributed by atoms with Crippen LogP contribution < -0.4 is 0 Å². The second kappa shape index (κ2) is 6.13. The first-order valence-electron chi connectivity index (χ1n) is 5.13. The Balaban J connectivity index is 3.22. The van der Waals surface area contributed by atoms with Crippen molar-refractivity contribution in [1.82, 2.24) is 0 Å². The van der Waals surface area contributed by atoms with Crippen molar-refractivity contribution >= 4 is 11.9 Å². The van der Waals surface area contributed by atoms with Crippen molar-refractivity contribution in [2.75, 3.05) is 14.2 Å². The summed E-state index contributed by atoms with van der Waals surface area (Å²) in [6.07, 6.45) is 0. The monoisotopic (exact) mass is 254 g/mol. The maximum Gasteiger partial charge on any atom is 0.373 e. The van der Waals surface area contributed by atoms with Gasteiger partial charge in [-0.05, 0) is 31.0 Å². The zero-order chi connectivity index (χ0) is 13.7. The zero-order valence-electron chi connectivity index (χ0n) is 10.6. The van der Waals surface area contributed by atoms with Crippen molar-refractivity contribution in [1.29, 1.82) is 0 Å². The lowest BCUT2D eigenvalue weighted by Crippen LogP contribution is -2.13. The molecule has 6 nitrogen and oxygen atoms in total. The smallest absolute Gasteiger partial charge is 0.293 e. The molecule has 0 fully saturated rings. The van der Waals surface area contributed by atoms with Gasteiger partial charge >= 0.3 is 11.9 Å². The van der Waals surface area contributed by atoms with Gasteiger partial charge in [0.1, 0.15) is 0 Å². The molecule has 0 saturated carbocycles. The standard InChI is InChI=1S/C12H14O6/c1-7-5-6-9(11(13)17-15-3)8(2)10(7)12(14)18-16-4/h5-6H,1-4H3. The maximum absolute atomic E-state index is 11.7. The van der Waals surface area contributed by atoms with Crippen LogP contribution in [0.15, 0.2) is 12.1 Å². The molecule has 0 unspecified atom stereocenters. The summed E-state index contributed by atoms with van der Waals surface area (Å²) in [5.74, 6) is -1.35. The minimum atomic E-state index is -0.679. The van der Waals surface area contributed by atoms with Crippen molar-refractivity contribution in [2.45, 2.75) is 13.8 Å². The van der Waals surface area contributed by atoms with Gasteiger partial charge in [-0.3, -0.25) is 9.78 Å². The van der Waals surface area contributed by atoms with Crippen molar-refractivity contribution < 1.29 is 29.1 Å². The van der Waals surface area contributed by atoms with E-state index in [2.05, 4.69) is 19.6 Å². The Morgan fingerprint density at radius 3 is 2.06 bits per heavy atom. The van der Waals surface area contributed by atoms with Crippen LogP contribution in [0.1, 0.15) is 31.8 Å². The minimum Gasteiger partial charge on any atom is -0.293 e. The van der Waals surface area contributed by atoms with Gasteiger partial charge in [0.15, 0.2) is 0 Å². The van der Waals surface area contributed by atoms with Gasteiger partial charge in [0.2, 0.25) is 0 Å². The molecule has 0 aromatic heterocycles. The van der Waals surface area contributed by atoms with E-state index in [9.17, 15) is 9.59 Å². The molecule has 0 spiro atoms. The van der Waals surface area contributed by atoms with Crippen LogP contribution in [-0.2, 0) is 19.6 Å². The lowest BCUT2D eigenvalue weighted by atomic mass is 9.98. The topological polar surface area (TPSA) is 71.1 Å². The first-order chi connectivity index (χ1) is 8.52. The van der Waals surface area contributed by atoms with E-state index >= 15 is 0 Å². The molecular formula is C12H14O6. The highest BCUT2D eigenvalue weighted by Crippen LogP contribution is 2.20. The van der Waals surface area contributed by atoms with E-state index in [0.29, 0.717) is 11.1 Å². The number of aryl methyl sites for hydroxylation is 1. The van der Waals surface area contributed by atoms with E-state index in [1.807, 2.05) is 0 Å². The van der Waals surface area contributed by atoms with Crippen molar-refractivity contribution in [3.63, 3.8) is 0 Å². The molecule has 1 rings (SSSR count). The van der Waals surface area contributed by atoms with Gasteiger partial charge in [-0.1, -0.05) is 6.07 Å². The summed E-state index contributed by atoms with van der Waals surface area (Å²) in [6.45, 7) is 3.34. The third-order valence-electron chi connectivity index (χ3n) is 2.42. The Hall–Kier alpha value is -1.92. The summed E-state index contributed by atoms with van der Waals surface area (Å²) < 4.78 is 0. The van der Waals surface area contributed by atoms with Crippen LogP contribution in [0.4, 0.5) is 0 Å². The number of hydrogen-bond donors (Lipinski definition) is 0. The summed E-state index contributed by atoms with van der Waals surface area (Å²) in [7, 11) is 2.45. The van der Waals surface area contributed by atoms with E-state index in [4.69, 9.17) is 0 Å². The molecule has 0 saturated heterocycles. The molecule has 0 N–H and O–H groups in total. The molecule has 18 heavy (non-hydrogen) atoms. The van der Waals surface area contributed by atoms with Gasteiger partial charge in [0.05, 0.1) is 25.3 Å². The van der Waals surface area contributed by atoms with Crippen molar-refractivity contribution in [3.8, 4) is 0 Å². The van der Waals surface area contributed by atoms with Gasteiger partial charge < -0.3 is 0 Å². The molecule has 6 heteroatoms. The number of benzene rings is 1. The van der Waals surface area contributed by atoms with Crippen LogP contribution in [0.3, 0.4) is 0 Å². The molecule has 0 atom stereocenters. The summed E-state index contributed by atoms with van der Waals surface area (Å²) in [5.41, 5.74) is 1.61. The Kier molecular flexibility index (Phi) is 4.82. The third kappa shape index (κ3) is 2.85. The first-order valence-corrected chi connectivity index (χ1v) is 5.13. The minimum absolute atomic E-state index is 0.227. The highest BCUT2D eigenvalue weighted by Gasteiger charge is 2.21. The Morgan fingerprint density at radius 2 is 1.50 bits per heavy atom. The van der Waals surface area contributed by atoms with Gasteiger partial charge in [0, 0.05) is 0 Å². The second-order valence-corrected chi connectivity index (χ2v) is 3.50. The third-order valence-corrected chi connectivity index (χ3v) is 2.42. The predicted molar refractivity (Wildman–Crippen MR) is 60.8 cm³/mol. The van der Waals surface area contributed by atoms with Crippen LogP contribution >= 0.6 is 0 Å². The van der Waals surface area contributed by atoms with Gasteiger partial charge in [-0.15, -0.1) is 0 Å². The van der Waals surface area contributed by atoms with Gasteiger partial charge in [-0.25, -0.2) is 9.59 Å². The molecular weight excluding hydrogens is 240 g/mol. The molecule has 0 aliphatic heterocycles. The fraction of sp³-hybridized carbons (Fsp3) is 0.333. The van der Waals surface area contributed by atoms with E-state index in [0.717, 1.165) is 0 Å². The van der Waals surface area contributed by atoms with E-state index < -0.39 is 11.9 Å². The molecule has 0 bridgehead atoms. The second-order valence-electron chi connectivity index (χ2n) is 3.50. The fourth-order valence-electron chi connectivity index (χ4n) is 1.62. The lowest BCUT2D eigenvalue weighted by molar-refractivity contribution is -0.216. The number of carbonyl (C=O) groups is 2. The molecule has 1 aromatic rings. The first kappa shape index (κ1) is 14.1. The van der Waals surface area contributed by atoms with Crippen LogP contribution in [0.5, 0.6) is 0 Å². The van der Waals surface area contributed by atoms with Crippen LogP contribution in [0.25, 0.3) is 0 Å². The van der Waals surface area contributed by atoms with E-state index in [1.165, 1.54) is 14.2 Å². The highest BCUT2D eigenvalue weighted by molar-refractivity contribution is 5.98. The summed E-state index contributed by atoms with van der Waals surface area (Å²) in [4.78, 5) is 40.8. The normalized spacial score (nSPS) is 10.0. The SMILES string of the molecule is COOC(=O)c1ccc(C)c(C(=O)OOC)c1C. The maximum atomic E-state index is 11.7. The highest BCUT2D eigenvalue weighted by atomic mass is 17.2.